The Bertz CT molecular complexity index is 297. The van der Waals surface area contributed by atoms with E-state index in [1.165, 1.54) is 24.8 Å². The highest BCUT2D eigenvalue weighted by Gasteiger charge is 2.55. The van der Waals surface area contributed by atoms with E-state index in [9.17, 15) is 4.79 Å². The second kappa shape index (κ2) is 2.50. The fourth-order valence-electron chi connectivity index (χ4n) is 4.27. The summed E-state index contributed by atoms with van der Waals surface area (Å²) in [6.07, 6.45) is 5.93. The summed E-state index contributed by atoms with van der Waals surface area (Å²) in [7, 11) is 0. The molecule has 1 nitrogen and oxygen atoms in total. The van der Waals surface area contributed by atoms with E-state index in [1.54, 1.807) is 0 Å². The number of carbonyl (C=O) groups is 1. The van der Waals surface area contributed by atoms with E-state index >= 15 is 0 Å². The first-order valence-corrected chi connectivity index (χ1v) is 5.80. The Hall–Kier alpha value is -0.590. The normalized spacial score (nSPS) is 49.8. The van der Waals surface area contributed by atoms with Crippen LogP contribution in [0.5, 0.6) is 0 Å². The molecule has 2 unspecified atom stereocenters. The molecule has 14 heavy (non-hydrogen) atoms. The van der Waals surface area contributed by atoms with Gasteiger partial charge in [-0.05, 0) is 50.4 Å². The van der Waals surface area contributed by atoms with Gasteiger partial charge < -0.3 is 0 Å². The Balaban J connectivity index is 2.00. The molecule has 0 spiro atoms. The van der Waals surface area contributed by atoms with Crippen LogP contribution in [-0.2, 0) is 4.79 Å². The molecule has 4 bridgehead atoms. The minimum absolute atomic E-state index is 0.365. The first kappa shape index (κ1) is 8.70. The van der Waals surface area contributed by atoms with Gasteiger partial charge in [0.05, 0.1) is 0 Å². The molecule has 0 N–H and O–H groups in total. The number of hydrogen-bond acceptors (Lipinski definition) is 1. The minimum Gasteiger partial charge on any atom is -0.299 e. The lowest BCUT2D eigenvalue weighted by Crippen LogP contribution is -2.51. The van der Waals surface area contributed by atoms with E-state index in [1.807, 2.05) is 0 Å². The number of ketones is 1. The van der Waals surface area contributed by atoms with E-state index in [0.29, 0.717) is 23.0 Å². The van der Waals surface area contributed by atoms with Crippen molar-refractivity contribution in [1.29, 1.82) is 0 Å². The topological polar surface area (TPSA) is 17.1 Å². The third kappa shape index (κ3) is 0.933. The molecule has 4 fully saturated rings. The molecule has 0 saturated heterocycles. The van der Waals surface area contributed by atoms with Crippen molar-refractivity contribution >= 4 is 5.78 Å². The van der Waals surface area contributed by atoms with Crippen molar-refractivity contribution in [2.45, 2.75) is 39.0 Å². The van der Waals surface area contributed by atoms with Crippen molar-refractivity contribution in [1.82, 2.24) is 0 Å². The average Bonchev–Trinajstić information content (AvgIpc) is 2.12. The quantitative estimate of drug-likeness (QED) is 0.581. The molecule has 0 aromatic heterocycles. The standard InChI is InChI=1S/C13H18O/c1-8(2)13-5-9-3-10(6-13)12(14)11(4-9)7-13/h9-11H,1,3-7H2,2H3. The van der Waals surface area contributed by atoms with Crippen LogP contribution in [0.3, 0.4) is 0 Å². The number of rotatable bonds is 1. The van der Waals surface area contributed by atoms with Gasteiger partial charge in [0.1, 0.15) is 5.78 Å². The van der Waals surface area contributed by atoms with Crippen molar-refractivity contribution in [3.05, 3.63) is 12.2 Å². The SMILES string of the molecule is C=C(C)C12CC3CC(C1)C(=O)C(C3)C2. The van der Waals surface area contributed by atoms with E-state index in [2.05, 4.69) is 13.5 Å². The minimum atomic E-state index is 0.365. The van der Waals surface area contributed by atoms with Crippen molar-refractivity contribution in [3.8, 4) is 0 Å². The smallest absolute Gasteiger partial charge is 0.139 e. The molecular formula is C13H18O. The van der Waals surface area contributed by atoms with E-state index in [0.717, 1.165) is 18.8 Å². The molecule has 1 heteroatoms. The lowest BCUT2D eigenvalue weighted by atomic mass is 9.47. The fourth-order valence-corrected chi connectivity index (χ4v) is 4.27. The van der Waals surface area contributed by atoms with Gasteiger partial charge in [-0.2, -0.15) is 0 Å². The summed E-state index contributed by atoms with van der Waals surface area (Å²) >= 11 is 0. The van der Waals surface area contributed by atoms with Crippen LogP contribution in [0.15, 0.2) is 12.2 Å². The van der Waals surface area contributed by atoms with Gasteiger partial charge >= 0.3 is 0 Å². The highest BCUT2D eigenvalue weighted by Crippen LogP contribution is 2.60. The van der Waals surface area contributed by atoms with Crippen molar-refractivity contribution < 1.29 is 4.79 Å². The molecular weight excluding hydrogens is 172 g/mol. The molecule has 0 amide bonds. The highest BCUT2D eigenvalue weighted by molar-refractivity contribution is 5.85. The van der Waals surface area contributed by atoms with Crippen LogP contribution < -0.4 is 0 Å². The van der Waals surface area contributed by atoms with Crippen LogP contribution in [0.4, 0.5) is 0 Å². The van der Waals surface area contributed by atoms with Gasteiger partial charge in [-0.1, -0.05) is 12.2 Å². The summed E-state index contributed by atoms with van der Waals surface area (Å²) in [5, 5.41) is 0. The predicted molar refractivity (Wildman–Crippen MR) is 55.8 cm³/mol. The number of Topliss-reactive ketones (excluding diaryl/α,β-unsaturated/α-hetero) is 1. The molecule has 2 atom stereocenters. The average molecular weight is 190 g/mol. The Morgan fingerprint density at radius 2 is 1.86 bits per heavy atom. The fraction of sp³-hybridized carbons (Fsp3) is 0.769. The molecule has 4 saturated carbocycles. The molecule has 4 rings (SSSR count). The summed E-state index contributed by atoms with van der Waals surface area (Å²) in [5.41, 5.74) is 1.70. The molecule has 0 aliphatic heterocycles. The molecule has 0 radical (unpaired) electrons. The van der Waals surface area contributed by atoms with Gasteiger partial charge in [0, 0.05) is 11.8 Å². The molecule has 4 aliphatic carbocycles. The maximum Gasteiger partial charge on any atom is 0.139 e. The molecule has 0 heterocycles. The second-order valence-corrected chi connectivity index (χ2v) is 5.81. The van der Waals surface area contributed by atoms with Gasteiger partial charge in [-0.15, -0.1) is 0 Å². The zero-order chi connectivity index (χ0) is 9.92. The Morgan fingerprint density at radius 3 is 2.36 bits per heavy atom. The number of allylic oxidation sites excluding steroid dienone is 1. The lowest BCUT2D eigenvalue weighted by Gasteiger charge is -2.56. The van der Waals surface area contributed by atoms with Gasteiger partial charge in [-0.25, -0.2) is 0 Å². The van der Waals surface area contributed by atoms with Crippen LogP contribution in [0.1, 0.15) is 39.0 Å². The Kier molecular flexibility index (Phi) is 1.55. The lowest BCUT2D eigenvalue weighted by molar-refractivity contribution is -0.144. The molecule has 0 aromatic rings. The third-order valence-corrected chi connectivity index (χ3v) is 4.90. The molecule has 0 aromatic carbocycles. The zero-order valence-corrected chi connectivity index (χ0v) is 8.88. The maximum atomic E-state index is 11.9. The first-order chi connectivity index (χ1) is 6.61. The van der Waals surface area contributed by atoms with Crippen LogP contribution in [-0.4, -0.2) is 5.78 Å². The zero-order valence-electron chi connectivity index (χ0n) is 8.88. The van der Waals surface area contributed by atoms with E-state index in [-0.39, 0.29) is 0 Å². The number of hydrogen-bond donors (Lipinski definition) is 0. The van der Waals surface area contributed by atoms with Gasteiger partial charge in [0.25, 0.3) is 0 Å². The first-order valence-electron chi connectivity index (χ1n) is 5.80. The summed E-state index contributed by atoms with van der Waals surface area (Å²) < 4.78 is 0. The van der Waals surface area contributed by atoms with Crippen molar-refractivity contribution in [2.75, 3.05) is 0 Å². The summed E-state index contributed by atoms with van der Waals surface area (Å²) in [4.78, 5) is 11.9. The van der Waals surface area contributed by atoms with Crippen LogP contribution >= 0.6 is 0 Å². The van der Waals surface area contributed by atoms with Gasteiger partial charge in [0.15, 0.2) is 0 Å². The molecule has 4 aliphatic rings. The van der Waals surface area contributed by atoms with Crippen LogP contribution in [0.2, 0.25) is 0 Å². The monoisotopic (exact) mass is 190 g/mol. The predicted octanol–water partition coefficient (Wildman–Crippen LogP) is 2.96. The van der Waals surface area contributed by atoms with Crippen LogP contribution in [0.25, 0.3) is 0 Å². The highest BCUT2D eigenvalue weighted by atomic mass is 16.1. The van der Waals surface area contributed by atoms with Crippen molar-refractivity contribution in [2.24, 2.45) is 23.2 Å². The molecule has 76 valence electrons. The van der Waals surface area contributed by atoms with Gasteiger partial charge in [-0.3, -0.25) is 4.79 Å². The second-order valence-electron chi connectivity index (χ2n) is 5.81. The van der Waals surface area contributed by atoms with E-state index < -0.39 is 0 Å². The summed E-state index contributed by atoms with van der Waals surface area (Å²) in [6, 6.07) is 0. The number of carbonyl (C=O) groups excluding carboxylic acids is 1. The van der Waals surface area contributed by atoms with Gasteiger partial charge in [0.2, 0.25) is 0 Å². The summed E-state index contributed by atoms with van der Waals surface area (Å²) in [5.74, 6) is 2.22. The third-order valence-electron chi connectivity index (χ3n) is 4.90. The summed E-state index contributed by atoms with van der Waals surface area (Å²) in [6.45, 7) is 6.32. The Morgan fingerprint density at radius 1 is 1.29 bits per heavy atom. The Labute approximate surface area is 85.6 Å². The largest absolute Gasteiger partial charge is 0.299 e. The maximum absolute atomic E-state index is 11.9. The van der Waals surface area contributed by atoms with Crippen molar-refractivity contribution in [3.63, 3.8) is 0 Å². The van der Waals surface area contributed by atoms with Crippen LogP contribution in [0, 0.1) is 23.2 Å². The van der Waals surface area contributed by atoms with E-state index in [4.69, 9.17) is 0 Å².